The van der Waals surface area contributed by atoms with Gasteiger partial charge in [-0.1, -0.05) is 18.2 Å². The van der Waals surface area contributed by atoms with Crippen molar-refractivity contribution in [1.29, 1.82) is 0 Å². The molecule has 0 saturated carbocycles. The quantitative estimate of drug-likeness (QED) is 0.577. The molecule has 1 aromatic carbocycles. The first-order valence-electron chi connectivity index (χ1n) is 7.95. The van der Waals surface area contributed by atoms with Crippen LogP contribution in [-0.2, 0) is 6.54 Å². The number of hydrogen-bond acceptors (Lipinski definition) is 3. The smallest absolute Gasteiger partial charge is 0.318 e. The Morgan fingerprint density at radius 2 is 2.08 bits per heavy atom. The molecule has 2 amide bonds. The molecule has 1 aromatic heterocycles. The second kappa shape index (κ2) is 9.13. The third-order valence-electron chi connectivity index (χ3n) is 3.41. The Labute approximate surface area is 147 Å². The minimum Gasteiger partial charge on any atom is -0.492 e. The maximum atomic E-state index is 12.3. The number of urea groups is 1. The average molecular weight is 344 g/mol. The Bertz CT molecular complexity index is 648. The number of amides is 2. The van der Waals surface area contributed by atoms with Crippen LogP contribution in [0.15, 0.2) is 48.4 Å². The molecule has 1 heterocycles. The first-order chi connectivity index (χ1) is 11.6. The molecule has 24 heavy (non-hydrogen) atoms. The van der Waals surface area contributed by atoms with E-state index in [1.165, 1.54) is 11.1 Å². The molecule has 128 valence electrons. The minimum atomic E-state index is -0.104. The summed E-state index contributed by atoms with van der Waals surface area (Å²) in [6.07, 6.45) is 1.74. The van der Waals surface area contributed by atoms with Gasteiger partial charge in [0.2, 0.25) is 0 Å². The highest BCUT2D eigenvalue weighted by Crippen LogP contribution is 2.16. The van der Waals surface area contributed by atoms with Crippen molar-refractivity contribution in [3.63, 3.8) is 0 Å². The molecule has 1 N–H and O–H groups in total. The monoisotopic (exact) mass is 344 g/mol. The van der Waals surface area contributed by atoms with Gasteiger partial charge in [-0.2, -0.15) is 0 Å². The highest BCUT2D eigenvalue weighted by Gasteiger charge is 2.12. The molecule has 0 spiro atoms. The zero-order valence-corrected chi connectivity index (χ0v) is 15.1. The van der Waals surface area contributed by atoms with Gasteiger partial charge < -0.3 is 15.0 Å². The standard InChI is InChI=1S/C19H24N2O2S/c1-4-8-21(14-18-6-5-10-24-18)19(22)20-7-9-23-17-12-15(2)11-16(3)13-17/h4-6,10-13H,1,7-9,14H2,2-3H3,(H,20,22). The van der Waals surface area contributed by atoms with Gasteiger partial charge >= 0.3 is 6.03 Å². The molecule has 2 aromatic rings. The van der Waals surface area contributed by atoms with Crippen molar-refractivity contribution < 1.29 is 9.53 Å². The van der Waals surface area contributed by atoms with Crippen molar-refractivity contribution in [2.45, 2.75) is 20.4 Å². The summed E-state index contributed by atoms with van der Waals surface area (Å²) >= 11 is 1.64. The molecule has 0 radical (unpaired) electrons. The predicted molar refractivity (Wildman–Crippen MR) is 99.7 cm³/mol. The molecule has 0 bridgehead atoms. The maximum Gasteiger partial charge on any atom is 0.318 e. The Morgan fingerprint density at radius 3 is 2.71 bits per heavy atom. The molecule has 0 saturated heterocycles. The van der Waals surface area contributed by atoms with E-state index in [1.807, 2.05) is 43.5 Å². The molecule has 2 rings (SSSR count). The lowest BCUT2D eigenvalue weighted by atomic mass is 10.1. The summed E-state index contributed by atoms with van der Waals surface area (Å²) in [5, 5.41) is 4.91. The van der Waals surface area contributed by atoms with Crippen LogP contribution in [0, 0.1) is 13.8 Å². The van der Waals surface area contributed by atoms with E-state index < -0.39 is 0 Å². The van der Waals surface area contributed by atoms with E-state index in [0.29, 0.717) is 26.2 Å². The van der Waals surface area contributed by atoms with Crippen molar-refractivity contribution in [3.05, 3.63) is 64.4 Å². The van der Waals surface area contributed by atoms with Crippen LogP contribution in [0.4, 0.5) is 4.79 Å². The van der Waals surface area contributed by atoms with Crippen molar-refractivity contribution in [2.24, 2.45) is 0 Å². The van der Waals surface area contributed by atoms with Crippen LogP contribution < -0.4 is 10.1 Å². The zero-order valence-electron chi connectivity index (χ0n) is 14.2. The minimum absolute atomic E-state index is 0.104. The van der Waals surface area contributed by atoms with E-state index in [4.69, 9.17) is 4.74 Å². The number of thiophene rings is 1. The average Bonchev–Trinajstić information content (AvgIpc) is 3.03. The topological polar surface area (TPSA) is 41.6 Å². The van der Waals surface area contributed by atoms with Crippen molar-refractivity contribution in [3.8, 4) is 5.75 Å². The van der Waals surface area contributed by atoms with Gasteiger partial charge in [0, 0.05) is 11.4 Å². The fourth-order valence-electron chi connectivity index (χ4n) is 2.42. The van der Waals surface area contributed by atoms with E-state index in [9.17, 15) is 4.79 Å². The third kappa shape index (κ3) is 5.74. The van der Waals surface area contributed by atoms with Crippen LogP contribution in [0.3, 0.4) is 0 Å². The van der Waals surface area contributed by atoms with Gasteiger partial charge in [0.1, 0.15) is 12.4 Å². The summed E-state index contributed by atoms with van der Waals surface area (Å²) in [4.78, 5) is 15.2. The van der Waals surface area contributed by atoms with E-state index >= 15 is 0 Å². The van der Waals surface area contributed by atoms with Crippen LogP contribution in [0.1, 0.15) is 16.0 Å². The van der Waals surface area contributed by atoms with Crippen LogP contribution in [0.25, 0.3) is 0 Å². The Hall–Kier alpha value is -2.27. The fraction of sp³-hybridized carbons (Fsp3) is 0.316. The molecule has 0 aliphatic heterocycles. The number of rotatable bonds is 8. The van der Waals surface area contributed by atoms with E-state index in [-0.39, 0.29) is 6.03 Å². The number of nitrogens with one attached hydrogen (secondary N) is 1. The predicted octanol–water partition coefficient (Wildman–Crippen LogP) is 4.14. The highest BCUT2D eigenvalue weighted by molar-refractivity contribution is 7.09. The number of carbonyl (C=O) groups is 1. The molecular weight excluding hydrogens is 320 g/mol. The molecule has 0 aliphatic carbocycles. The lowest BCUT2D eigenvalue weighted by Crippen LogP contribution is -2.41. The summed E-state index contributed by atoms with van der Waals surface area (Å²) in [6, 6.07) is 10.0. The molecule has 0 atom stereocenters. The molecule has 0 fully saturated rings. The Balaban J connectivity index is 1.78. The van der Waals surface area contributed by atoms with Gasteiger partial charge in [-0.25, -0.2) is 4.79 Å². The second-order valence-corrected chi connectivity index (χ2v) is 6.68. The summed E-state index contributed by atoms with van der Waals surface area (Å²) in [6.45, 7) is 9.81. The van der Waals surface area contributed by atoms with Gasteiger partial charge in [0.05, 0.1) is 13.1 Å². The first-order valence-corrected chi connectivity index (χ1v) is 8.83. The second-order valence-electron chi connectivity index (χ2n) is 5.65. The lowest BCUT2D eigenvalue weighted by molar-refractivity contribution is 0.198. The Kier molecular flexibility index (Phi) is 6.88. The molecule has 0 unspecified atom stereocenters. The maximum absolute atomic E-state index is 12.3. The van der Waals surface area contributed by atoms with Gasteiger partial charge in [-0.3, -0.25) is 0 Å². The number of nitrogens with zero attached hydrogens (tertiary/aromatic N) is 1. The number of aryl methyl sites for hydroxylation is 2. The first kappa shape index (κ1) is 18.1. The highest BCUT2D eigenvalue weighted by atomic mass is 32.1. The molecule has 5 heteroatoms. The van der Waals surface area contributed by atoms with Crippen LogP contribution >= 0.6 is 11.3 Å². The fourth-order valence-corrected chi connectivity index (χ4v) is 3.14. The van der Waals surface area contributed by atoms with E-state index in [0.717, 1.165) is 10.6 Å². The van der Waals surface area contributed by atoms with E-state index in [1.54, 1.807) is 22.3 Å². The normalized spacial score (nSPS) is 10.2. The summed E-state index contributed by atoms with van der Waals surface area (Å²) in [5.41, 5.74) is 2.34. The van der Waals surface area contributed by atoms with Crippen LogP contribution in [0.5, 0.6) is 5.75 Å². The van der Waals surface area contributed by atoms with Crippen LogP contribution in [0.2, 0.25) is 0 Å². The number of benzene rings is 1. The molecular formula is C19H24N2O2S. The SMILES string of the molecule is C=CCN(Cc1cccs1)C(=O)NCCOc1cc(C)cc(C)c1. The van der Waals surface area contributed by atoms with Gasteiger partial charge in [-0.15, -0.1) is 17.9 Å². The van der Waals surface area contributed by atoms with Crippen molar-refractivity contribution in [2.75, 3.05) is 19.7 Å². The Morgan fingerprint density at radius 1 is 1.33 bits per heavy atom. The summed E-state index contributed by atoms with van der Waals surface area (Å²) < 4.78 is 5.71. The number of carbonyl (C=O) groups excluding carboxylic acids is 1. The molecule has 4 nitrogen and oxygen atoms in total. The third-order valence-corrected chi connectivity index (χ3v) is 4.27. The number of ether oxygens (including phenoxy) is 1. The lowest BCUT2D eigenvalue weighted by Gasteiger charge is -2.21. The van der Waals surface area contributed by atoms with Crippen LogP contribution in [-0.4, -0.2) is 30.6 Å². The van der Waals surface area contributed by atoms with Crippen molar-refractivity contribution in [1.82, 2.24) is 10.2 Å². The zero-order chi connectivity index (χ0) is 17.4. The molecule has 0 aliphatic rings. The van der Waals surface area contributed by atoms with Gasteiger partial charge in [-0.05, 0) is 48.6 Å². The largest absolute Gasteiger partial charge is 0.492 e. The van der Waals surface area contributed by atoms with Gasteiger partial charge in [0.25, 0.3) is 0 Å². The van der Waals surface area contributed by atoms with Crippen molar-refractivity contribution >= 4 is 17.4 Å². The number of hydrogen-bond donors (Lipinski definition) is 1. The summed E-state index contributed by atoms with van der Waals surface area (Å²) in [5.74, 6) is 0.836. The summed E-state index contributed by atoms with van der Waals surface area (Å²) in [7, 11) is 0. The van der Waals surface area contributed by atoms with Gasteiger partial charge in [0.15, 0.2) is 0 Å². The van der Waals surface area contributed by atoms with E-state index in [2.05, 4.69) is 18.0 Å².